The predicted octanol–water partition coefficient (Wildman–Crippen LogP) is 4.73. The van der Waals surface area contributed by atoms with E-state index in [1.165, 1.54) is 17.2 Å². The van der Waals surface area contributed by atoms with Gasteiger partial charge in [-0.05, 0) is 55.3 Å². The van der Waals surface area contributed by atoms with E-state index in [1.54, 1.807) is 18.3 Å². The highest BCUT2D eigenvalue weighted by Gasteiger charge is 2.36. The van der Waals surface area contributed by atoms with Crippen molar-refractivity contribution in [2.75, 3.05) is 23.4 Å². The van der Waals surface area contributed by atoms with E-state index in [2.05, 4.69) is 21.4 Å². The lowest BCUT2D eigenvalue weighted by Gasteiger charge is -2.27. The third-order valence-corrected chi connectivity index (χ3v) is 6.46. The average Bonchev–Trinajstić information content (AvgIpc) is 3.27. The Morgan fingerprint density at radius 1 is 1.24 bits per heavy atom. The van der Waals surface area contributed by atoms with Gasteiger partial charge in [-0.3, -0.25) is 4.90 Å². The van der Waals surface area contributed by atoms with Crippen molar-refractivity contribution in [2.45, 2.75) is 32.2 Å². The first-order valence-electron chi connectivity index (χ1n) is 10.9. The Morgan fingerprint density at radius 2 is 2.09 bits per heavy atom. The van der Waals surface area contributed by atoms with Crippen LogP contribution < -0.4 is 15.0 Å². The van der Waals surface area contributed by atoms with E-state index in [-0.39, 0.29) is 11.7 Å². The van der Waals surface area contributed by atoms with Crippen molar-refractivity contribution in [3.05, 3.63) is 42.0 Å². The second kappa shape index (κ2) is 8.20. The molecule has 33 heavy (non-hydrogen) atoms. The van der Waals surface area contributed by atoms with Gasteiger partial charge in [-0.15, -0.1) is 0 Å². The van der Waals surface area contributed by atoms with Gasteiger partial charge < -0.3 is 15.2 Å². The largest absolute Gasteiger partial charge is 0.474 e. The molecular weight excluding hydrogens is 425 g/mol. The Bertz CT molecular complexity index is 1310. The van der Waals surface area contributed by atoms with Crippen molar-refractivity contribution < 1.29 is 19.0 Å². The number of rotatable bonds is 3. The molecule has 5 rings (SSSR count). The molecule has 1 aromatic carbocycles. The lowest BCUT2D eigenvalue weighted by molar-refractivity contribution is 0.197. The number of pyridine rings is 2. The zero-order valence-electron chi connectivity index (χ0n) is 18.0. The quantitative estimate of drug-likeness (QED) is 0.597. The Balaban J connectivity index is 1.60. The molecule has 2 atom stereocenters. The number of nitrogens with zero attached hydrogens (tertiary/aromatic N) is 4. The van der Waals surface area contributed by atoms with Gasteiger partial charge in [0.2, 0.25) is 5.88 Å². The van der Waals surface area contributed by atoms with Crippen molar-refractivity contribution in [2.24, 2.45) is 5.92 Å². The van der Waals surface area contributed by atoms with Gasteiger partial charge in [0.05, 0.1) is 18.0 Å². The molecule has 0 radical (unpaired) electrons. The maximum absolute atomic E-state index is 15.1. The first kappa shape index (κ1) is 20.9. The number of carbonyl (C=O) groups is 1. The molecular formula is C24H22FN5O3. The SMILES string of the molecule is Cc1c(-c2cc3cc(N(C(=O)O)[C@H]4CCC[C@H]4C#N)ncc3cc2F)cnc2c1NCCO2. The van der Waals surface area contributed by atoms with Gasteiger partial charge >= 0.3 is 6.09 Å². The van der Waals surface area contributed by atoms with Crippen LogP contribution in [0.25, 0.3) is 21.9 Å². The number of nitriles is 1. The summed E-state index contributed by atoms with van der Waals surface area (Å²) in [6, 6.07) is 6.49. The second-order valence-electron chi connectivity index (χ2n) is 8.36. The molecule has 1 aliphatic heterocycles. The minimum Gasteiger partial charge on any atom is -0.474 e. The Hall–Kier alpha value is -3.93. The normalized spacial score (nSPS) is 19.3. The maximum atomic E-state index is 15.1. The molecule has 2 aliphatic rings. The molecule has 1 aliphatic carbocycles. The van der Waals surface area contributed by atoms with Crippen LogP contribution in [0.15, 0.2) is 30.6 Å². The number of anilines is 2. The van der Waals surface area contributed by atoms with Gasteiger partial charge in [0.1, 0.15) is 23.9 Å². The van der Waals surface area contributed by atoms with Crippen molar-refractivity contribution in [1.82, 2.24) is 9.97 Å². The zero-order chi connectivity index (χ0) is 23.1. The van der Waals surface area contributed by atoms with Crippen LogP contribution in [0.2, 0.25) is 0 Å². The number of carboxylic acid groups (broad SMARTS) is 1. The summed E-state index contributed by atoms with van der Waals surface area (Å²) in [7, 11) is 0. The van der Waals surface area contributed by atoms with Gasteiger partial charge in [-0.25, -0.2) is 19.2 Å². The Labute approximate surface area is 189 Å². The number of ether oxygens (including phenoxy) is 1. The molecule has 0 saturated heterocycles. The van der Waals surface area contributed by atoms with Crippen molar-refractivity contribution in [1.29, 1.82) is 5.26 Å². The monoisotopic (exact) mass is 447 g/mol. The molecule has 9 heteroatoms. The van der Waals surface area contributed by atoms with Crippen LogP contribution in [-0.4, -0.2) is 40.4 Å². The van der Waals surface area contributed by atoms with E-state index >= 15 is 4.39 Å². The van der Waals surface area contributed by atoms with Gasteiger partial charge in [0, 0.05) is 35.5 Å². The minimum absolute atomic E-state index is 0.232. The van der Waals surface area contributed by atoms with Crippen LogP contribution in [0.5, 0.6) is 5.88 Å². The molecule has 8 nitrogen and oxygen atoms in total. The van der Waals surface area contributed by atoms with Crippen LogP contribution in [0.4, 0.5) is 20.7 Å². The molecule has 3 aromatic rings. The van der Waals surface area contributed by atoms with Crippen LogP contribution in [-0.2, 0) is 0 Å². The number of fused-ring (bicyclic) bond motifs is 2. The highest BCUT2D eigenvalue weighted by molar-refractivity contribution is 5.93. The van der Waals surface area contributed by atoms with Gasteiger partial charge in [-0.2, -0.15) is 5.26 Å². The predicted molar refractivity (Wildman–Crippen MR) is 121 cm³/mol. The van der Waals surface area contributed by atoms with Crippen molar-refractivity contribution >= 4 is 28.4 Å². The summed E-state index contributed by atoms with van der Waals surface area (Å²) in [5, 5.41) is 23.8. The first-order chi connectivity index (χ1) is 16.0. The summed E-state index contributed by atoms with van der Waals surface area (Å²) < 4.78 is 20.7. The van der Waals surface area contributed by atoms with Crippen LogP contribution in [0.3, 0.4) is 0 Å². The average molecular weight is 447 g/mol. The Morgan fingerprint density at radius 3 is 2.88 bits per heavy atom. The van der Waals surface area contributed by atoms with E-state index in [0.717, 1.165) is 17.7 Å². The number of hydrogen-bond donors (Lipinski definition) is 2. The molecule has 2 aromatic heterocycles. The van der Waals surface area contributed by atoms with E-state index in [9.17, 15) is 15.2 Å². The van der Waals surface area contributed by atoms with Crippen LogP contribution in [0.1, 0.15) is 24.8 Å². The number of halogens is 1. The number of benzene rings is 1. The van der Waals surface area contributed by atoms with E-state index in [4.69, 9.17) is 4.74 Å². The summed E-state index contributed by atoms with van der Waals surface area (Å²) in [6.45, 7) is 3.05. The molecule has 1 saturated carbocycles. The third kappa shape index (κ3) is 3.57. The lowest BCUT2D eigenvalue weighted by atomic mass is 9.98. The summed E-state index contributed by atoms with van der Waals surface area (Å²) in [5.41, 5.74) is 2.55. The zero-order valence-corrected chi connectivity index (χ0v) is 18.0. The number of amides is 1. The molecule has 168 valence electrons. The topological polar surface area (TPSA) is 111 Å². The minimum atomic E-state index is -1.16. The molecule has 2 N–H and O–H groups in total. The fourth-order valence-electron chi connectivity index (χ4n) is 4.79. The smallest absolute Gasteiger partial charge is 0.413 e. The highest BCUT2D eigenvalue weighted by Crippen LogP contribution is 2.38. The standard InChI is InChI=1S/C24H22FN5O3/c1-13-18(12-29-23-22(13)27-5-6-33-23)17-7-15-9-21(28-11-16(15)8-19(17)25)30(24(31)32)20-4-2-3-14(20)10-26/h7-9,11-12,14,20,27H,2-6H2,1H3,(H,31,32)/t14-,20-/m0/s1. The molecule has 3 heterocycles. The fraction of sp³-hybridized carbons (Fsp3) is 0.333. The highest BCUT2D eigenvalue weighted by atomic mass is 19.1. The summed E-state index contributed by atoms with van der Waals surface area (Å²) in [4.78, 5) is 21.9. The lowest BCUT2D eigenvalue weighted by Crippen LogP contribution is -2.42. The van der Waals surface area contributed by atoms with Gasteiger partial charge in [0.25, 0.3) is 0 Å². The summed E-state index contributed by atoms with van der Waals surface area (Å²) >= 11 is 0. The number of hydrogen-bond acceptors (Lipinski definition) is 6. The van der Waals surface area contributed by atoms with Crippen molar-refractivity contribution in [3.8, 4) is 23.1 Å². The second-order valence-corrected chi connectivity index (χ2v) is 8.36. The molecule has 0 spiro atoms. The third-order valence-electron chi connectivity index (χ3n) is 6.46. The van der Waals surface area contributed by atoms with Crippen LogP contribution >= 0.6 is 0 Å². The summed E-state index contributed by atoms with van der Waals surface area (Å²) in [5.74, 6) is -0.0682. The maximum Gasteiger partial charge on any atom is 0.413 e. The fourth-order valence-corrected chi connectivity index (χ4v) is 4.79. The number of nitrogens with one attached hydrogen (secondary N) is 1. The number of aromatic nitrogens is 2. The molecule has 1 amide bonds. The molecule has 0 unspecified atom stereocenters. The van der Waals surface area contributed by atoms with Crippen molar-refractivity contribution in [3.63, 3.8) is 0 Å². The van der Waals surface area contributed by atoms with Gasteiger partial charge in [-0.1, -0.05) is 0 Å². The molecule has 0 bridgehead atoms. The Kier molecular flexibility index (Phi) is 5.21. The van der Waals surface area contributed by atoms with Gasteiger partial charge in [0.15, 0.2) is 0 Å². The van der Waals surface area contributed by atoms with E-state index in [0.29, 0.717) is 53.8 Å². The van der Waals surface area contributed by atoms with Crippen LogP contribution in [0, 0.1) is 30.0 Å². The van der Waals surface area contributed by atoms with E-state index < -0.39 is 18.0 Å². The molecule has 1 fully saturated rings. The van der Waals surface area contributed by atoms with E-state index in [1.807, 2.05) is 6.92 Å². The summed E-state index contributed by atoms with van der Waals surface area (Å²) in [6.07, 6.45) is 3.96. The first-order valence-corrected chi connectivity index (χ1v) is 10.9.